The normalized spacial score (nSPS) is 24.1. The number of esters is 1. The second-order valence-electron chi connectivity index (χ2n) is 4.15. The highest BCUT2D eigenvalue weighted by atomic mass is 16.7. The molecule has 0 aromatic heterocycles. The van der Waals surface area contributed by atoms with Crippen LogP contribution in [0.5, 0.6) is 0 Å². The van der Waals surface area contributed by atoms with Crippen LogP contribution in [-0.4, -0.2) is 31.1 Å². The molecule has 15 heavy (non-hydrogen) atoms. The van der Waals surface area contributed by atoms with Gasteiger partial charge in [0.1, 0.15) is 0 Å². The van der Waals surface area contributed by atoms with E-state index in [1.165, 1.54) is 0 Å². The van der Waals surface area contributed by atoms with Crippen LogP contribution in [0.2, 0.25) is 0 Å². The lowest BCUT2D eigenvalue weighted by Crippen LogP contribution is -2.21. The van der Waals surface area contributed by atoms with Crippen LogP contribution < -0.4 is 0 Å². The fourth-order valence-corrected chi connectivity index (χ4v) is 1.61. The van der Waals surface area contributed by atoms with Crippen LogP contribution in [0.1, 0.15) is 40.0 Å². The van der Waals surface area contributed by atoms with Gasteiger partial charge in [-0.25, -0.2) is 0 Å². The standard InChI is InChI=1S/C11H20O4/c1-4-13-10(12)7-5-6-9-8-14-11(2,3)15-9/h9H,4-8H2,1-3H3/t9-/m1/s1. The Balaban J connectivity index is 2.09. The van der Waals surface area contributed by atoms with Crippen LogP contribution in [0.25, 0.3) is 0 Å². The maximum absolute atomic E-state index is 11.0. The third kappa shape index (κ3) is 4.62. The first-order chi connectivity index (χ1) is 7.03. The van der Waals surface area contributed by atoms with Crippen LogP contribution in [0.3, 0.4) is 0 Å². The summed E-state index contributed by atoms with van der Waals surface area (Å²) in [5.74, 6) is -0.593. The van der Waals surface area contributed by atoms with Crippen LogP contribution >= 0.6 is 0 Å². The first kappa shape index (κ1) is 12.5. The molecule has 0 spiro atoms. The zero-order chi connectivity index (χ0) is 11.3. The molecule has 1 fully saturated rings. The van der Waals surface area contributed by atoms with Gasteiger partial charge in [0, 0.05) is 6.42 Å². The minimum atomic E-state index is -0.464. The summed E-state index contributed by atoms with van der Waals surface area (Å²) < 4.78 is 15.9. The third-order valence-electron chi connectivity index (χ3n) is 2.28. The van der Waals surface area contributed by atoms with Gasteiger partial charge >= 0.3 is 5.97 Å². The summed E-state index contributed by atoms with van der Waals surface area (Å²) in [5, 5.41) is 0. The molecule has 4 nitrogen and oxygen atoms in total. The van der Waals surface area contributed by atoms with Gasteiger partial charge in [0.2, 0.25) is 0 Å². The molecule has 0 unspecified atom stereocenters. The van der Waals surface area contributed by atoms with Crippen molar-refractivity contribution in [2.75, 3.05) is 13.2 Å². The summed E-state index contributed by atoms with van der Waals surface area (Å²) in [4.78, 5) is 11.0. The van der Waals surface area contributed by atoms with Gasteiger partial charge in [0.25, 0.3) is 0 Å². The lowest BCUT2D eigenvalue weighted by molar-refractivity contribution is -0.144. The van der Waals surface area contributed by atoms with Gasteiger partial charge in [-0.15, -0.1) is 0 Å². The molecule has 1 rings (SSSR count). The molecule has 0 amide bonds. The minimum absolute atomic E-state index is 0.120. The zero-order valence-corrected chi connectivity index (χ0v) is 9.75. The van der Waals surface area contributed by atoms with Gasteiger partial charge in [-0.1, -0.05) is 0 Å². The van der Waals surface area contributed by atoms with E-state index in [1.54, 1.807) is 0 Å². The topological polar surface area (TPSA) is 44.8 Å². The highest BCUT2D eigenvalue weighted by molar-refractivity contribution is 5.69. The molecule has 0 bridgehead atoms. The average Bonchev–Trinajstić information content (AvgIpc) is 2.46. The van der Waals surface area contributed by atoms with Crippen molar-refractivity contribution < 1.29 is 19.0 Å². The number of rotatable bonds is 5. The molecular weight excluding hydrogens is 196 g/mol. The molecule has 1 aliphatic heterocycles. The molecular formula is C11H20O4. The Hall–Kier alpha value is -0.610. The summed E-state index contributed by atoms with van der Waals surface area (Å²) in [6.07, 6.45) is 2.23. The van der Waals surface area contributed by atoms with Gasteiger partial charge in [-0.2, -0.15) is 0 Å². The lowest BCUT2D eigenvalue weighted by atomic mass is 10.1. The predicted octanol–water partition coefficient (Wildman–Crippen LogP) is 1.87. The van der Waals surface area contributed by atoms with Crippen molar-refractivity contribution in [3.05, 3.63) is 0 Å². The predicted molar refractivity (Wildman–Crippen MR) is 55.4 cm³/mol. The maximum atomic E-state index is 11.0. The van der Waals surface area contributed by atoms with Crippen LogP contribution in [0.4, 0.5) is 0 Å². The Morgan fingerprint density at radius 3 is 2.80 bits per heavy atom. The molecule has 1 atom stereocenters. The van der Waals surface area contributed by atoms with Crippen molar-refractivity contribution in [1.82, 2.24) is 0 Å². The monoisotopic (exact) mass is 216 g/mol. The number of carbonyl (C=O) groups excluding carboxylic acids is 1. The lowest BCUT2D eigenvalue weighted by Gasteiger charge is -2.16. The van der Waals surface area contributed by atoms with Crippen molar-refractivity contribution >= 4 is 5.97 Å². The van der Waals surface area contributed by atoms with E-state index in [4.69, 9.17) is 14.2 Å². The van der Waals surface area contributed by atoms with E-state index in [2.05, 4.69) is 0 Å². The Morgan fingerprint density at radius 1 is 1.53 bits per heavy atom. The minimum Gasteiger partial charge on any atom is -0.466 e. The van der Waals surface area contributed by atoms with E-state index in [0.29, 0.717) is 19.6 Å². The Morgan fingerprint density at radius 2 is 2.27 bits per heavy atom. The molecule has 1 saturated heterocycles. The van der Waals surface area contributed by atoms with Gasteiger partial charge in [-0.05, 0) is 33.6 Å². The summed E-state index contributed by atoms with van der Waals surface area (Å²) in [6.45, 7) is 6.69. The fraction of sp³-hybridized carbons (Fsp3) is 0.909. The summed E-state index contributed by atoms with van der Waals surface area (Å²) in [7, 11) is 0. The van der Waals surface area contributed by atoms with E-state index >= 15 is 0 Å². The van der Waals surface area contributed by atoms with Gasteiger partial charge in [-0.3, -0.25) is 4.79 Å². The van der Waals surface area contributed by atoms with Crippen molar-refractivity contribution in [3.8, 4) is 0 Å². The molecule has 88 valence electrons. The van der Waals surface area contributed by atoms with Crippen molar-refractivity contribution in [2.24, 2.45) is 0 Å². The van der Waals surface area contributed by atoms with Gasteiger partial charge in [0.15, 0.2) is 5.79 Å². The van der Waals surface area contributed by atoms with Gasteiger partial charge in [0.05, 0.1) is 19.3 Å². The number of hydrogen-bond acceptors (Lipinski definition) is 4. The van der Waals surface area contributed by atoms with Crippen molar-refractivity contribution in [1.29, 1.82) is 0 Å². The molecule has 0 N–H and O–H groups in total. The number of hydrogen-bond donors (Lipinski definition) is 0. The second kappa shape index (κ2) is 5.47. The Labute approximate surface area is 90.9 Å². The number of carbonyl (C=O) groups is 1. The molecule has 0 radical (unpaired) electrons. The molecule has 0 aromatic carbocycles. The quantitative estimate of drug-likeness (QED) is 0.658. The Kier molecular flexibility index (Phi) is 4.54. The molecule has 0 aromatic rings. The zero-order valence-electron chi connectivity index (χ0n) is 9.75. The van der Waals surface area contributed by atoms with Crippen LogP contribution in [0, 0.1) is 0 Å². The SMILES string of the molecule is CCOC(=O)CCC[C@@H]1COC(C)(C)O1. The molecule has 1 aliphatic rings. The molecule has 4 heteroatoms. The largest absolute Gasteiger partial charge is 0.466 e. The van der Waals surface area contributed by atoms with Gasteiger partial charge < -0.3 is 14.2 Å². The molecule has 1 heterocycles. The maximum Gasteiger partial charge on any atom is 0.305 e. The average molecular weight is 216 g/mol. The second-order valence-corrected chi connectivity index (χ2v) is 4.15. The highest BCUT2D eigenvalue weighted by Gasteiger charge is 2.32. The van der Waals surface area contributed by atoms with Crippen LogP contribution in [-0.2, 0) is 19.0 Å². The number of ether oxygens (including phenoxy) is 3. The third-order valence-corrected chi connectivity index (χ3v) is 2.28. The molecule has 0 aliphatic carbocycles. The summed E-state index contributed by atoms with van der Waals surface area (Å²) in [5.41, 5.74) is 0. The molecule has 0 saturated carbocycles. The van der Waals surface area contributed by atoms with E-state index in [-0.39, 0.29) is 12.1 Å². The summed E-state index contributed by atoms with van der Waals surface area (Å²) in [6, 6.07) is 0. The van der Waals surface area contributed by atoms with E-state index in [9.17, 15) is 4.79 Å². The van der Waals surface area contributed by atoms with E-state index < -0.39 is 5.79 Å². The highest BCUT2D eigenvalue weighted by Crippen LogP contribution is 2.25. The fourth-order valence-electron chi connectivity index (χ4n) is 1.61. The van der Waals surface area contributed by atoms with Crippen molar-refractivity contribution in [3.63, 3.8) is 0 Å². The van der Waals surface area contributed by atoms with Crippen LogP contribution in [0.15, 0.2) is 0 Å². The first-order valence-corrected chi connectivity index (χ1v) is 5.51. The van der Waals surface area contributed by atoms with E-state index in [1.807, 2.05) is 20.8 Å². The Bertz CT molecular complexity index is 213. The van der Waals surface area contributed by atoms with E-state index in [0.717, 1.165) is 12.8 Å². The first-order valence-electron chi connectivity index (χ1n) is 5.51. The summed E-state index contributed by atoms with van der Waals surface area (Å²) >= 11 is 0. The van der Waals surface area contributed by atoms with Crippen molar-refractivity contribution in [2.45, 2.75) is 51.9 Å². The smallest absolute Gasteiger partial charge is 0.305 e.